The van der Waals surface area contributed by atoms with Gasteiger partial charge in [-0.05, 0) is 45.7 Å². The van der Waals surface area contributed by atoms with Gasteiger partial charge in [0.15, 0.2) is 11.2 Å². The second kappa shape index (κ2) is 10.7. The van der Waals surface area contributed by atoms with E-state index >= 15 is 0 Å². The number of carboxylic acid groups (broad SMARTS) is 1. The van der Waals surface area contributed by atoms with Crippen molar-refractivity contribution in [1.29, 1.82) is 0 Å². The van der Waals surface area contributed by atoms with Gasteiger partial charge in [-0.1, -0.05) is 0 Å². The van der Waals surface area contributed by atoms with E-state index in [-0.39, 0.29) is 28.9 Å². The number of ether oxygens (including phenoxy) is 1. The molecule has 2 N–H and O–H groups in total. The van der Waals surface area contributed by atoms with Gasteiger partial charge < -0.3 is 24.5 Å². The molecule has 1 aromatic carbocycles. The van der Waals surface area contributed by atoms with Crippen LogP contribution in [0.25, 0.3) is 11.0 Å². The van der Waals surface area contributed by atoms with E-state index in [1.54, 1.807) is 25.7 Å². The quantitative estimate of drug-likeness (QED) is 0.598. The number of carbonyl (C=O) groups is 3. The number of piperidine rings is 1. The number of carbonyl (C=O) groups excluding carboxylic acids is 2. The number of nitrogens with one attached hydrogen (secondary N) is 1. The fraction of sp³-hybridized carbons (Fsp3) is 0.455. The van der Waals surface area contributed by atoms with Crippen LogP contribution in [0.1, 0.15) is 44.2 Å². The van der Waals surface area contributed by atoms with E-state index in [1.165, 1.54) is 6.07 Å². The minimum Gasteiger partial charge on any atom is -0.475 e. The highest BCUT2D eigenvalue weighted by Crippen LogP contribution is 2.17. The minimum atomic E-state index is -5.08. The summed E-state index contributed by atoms with van der Waals surface area (Å²) in [4.78, 5) is 47.2. The molecule has 9 nitrogen and oxygen atoms in total. The number of rotatable bonds is 2. The topological polar surface area (TPSA) is 126 Å². The first kappa shape index (κ1) is 27.6. The molecule has 1 aromatic heterocycles. The van der Waals surface area contributed by atoms with Gasteiger partial charge in [-0.15, -0.1) is 0 Å². The summed E-state index contributed by atoms with van der Waals surface area (Å²) in [7, 11) is 0. The van der Waals surface area contributed by atoms with Crippen molar-refractivity contribution in [2.24, 2.45) is 0 Å². The van der Waals surface area contributed by atoms with Gasteiger partial charge in [-0.2, -0.15) is 13.2 Å². The van der Waals surface area contributed by atoms with E-state index in [0.717, 1.165) is 18.2 Å². The third kappa shape index (κ3) is 8.26. The van der Waals surface area contributed by atoms with E-state index in [1.807, 2.05) is 0 Å². The molecule has 1 fully saturated rings. The summed E-state index contributed by atoms with van der Waals surface area (Å²) in [5.41, 5.74) is -0.946. The Morgan fingerprint density at radius 2 is 1.69 bits per heavy atom. The van der Waals surface area contributed by atoms with Crippen molar-refractivity contribution in [1.82, 2.24) is 10.2 Å². The average Bonchev–Trinajstić information content (AvgIpc) is 2.72. The number of alkyl halides is 3. The number of hydrogen-bond acceptors (Lipinski definition) is 6. The SMILES string of the molecule is CC(C)(C)OC(=O)N1CCC(NC(=O)c2cc(=O)c3ccc(F)cc3o2)CC1.O=C(O)C(F)(F)F. The van der Waals surface area contributed by atoms with Gasteiger partial charge in [0.05, 0.1) is 5.39 Å². The molecule has 2 aromatic rings. The number of hydrogen-bond donors (Lipinski definition) is 2. The van der Waals surface area contributed by atoms with Crippen LogP contribution in [0.3, 0.4) is 0 Å². The molecule has 0 atom stereocenters. The van der Waals surface area contributed by atoms with E-state index in [9.17, 15) is 31.9 Å². The zero-order valence-corrected chi connectivity index (χ0v) is 19.1. The molecular weight excluding hydrogens is 480 g/mol. The fourth-order valence-electron chi connectivity index (χ4n) is 3.03. The predicted molar refractivity (Wildman–Crippen MR) is 114 cm³/mol. The van der Waals surface area contributed by atoms with Crippen molar-refractivity contribution < 1.29 is 46.2 Å². The maximum absolute atomic E-state index is 13.4. The Labute approximate surface area is 196 Å². The van der Waals surface area contributed by atoms with Gasteiger partial charge in [0.2, 0.25) is 0 Å². The lowest BCUT2D eigenvalue weighted by Gasteiger charge is -2.33. The van der Waals surface area contributed by atoms with E-state index in [4.69, 9.17) is 19.1 Å². The van der Waals surface area contributed by atoms with Crippen LogP contribution < -0.4 is 10.7 Å². The third-order valence-corrected chi connectivity index (χ3v) is 4.64. The average molecular weight is 504 g/mol. The summed E-state index contributed by atoms with van der Waals surface area (Å²) >= 11 is 0. The van der Waals surface area contributed by atoms with Crippen molar-refractivity contribution in [3.63, 3.8) is 0 Å². The molecule has 2 heterocycles. The molecule has 2 amide bonds. The summed E-state index contributed by atoms with van der Waals surface area (Å²) in [6.07, 6.45) is -4.35. The molecule has 0 bridgehead atoms. The lowest BCUT2D eigenvalue weighted by molar-refractivity contribution is -0.192. The van der Waals surface area contributed by atoms with Crippen molar-refractivity contribution in [3.8, 4) is 0 Å². The molecule has 0 unspecified atom stereocenters. The Bertz CT molecular complexity index is 1150. The Morgan fingerprint density at radius 3 is 2.20 bits per heavy atom. The van der Waals surface area contributed by atoms with E-state index in [0.29, 0.717) is 25.9 Å². The first-order valence-electron chi connectivity index (χ1n) is 10.4. The molecule has 35 heavy (non-hydrogen) atoms. The highest BCUT2D eigenvalue weighted by molar-refractivity contribution is 5.93. The zero-order valence-electron chi connectivity index (χ0n) is 19.1. The van der Waals surface area contributed by atoms with Crippen LogP contribution in [-0.4, -0.2) is 58.9 Å². The maximum Gasteiger partial charge on any atom is 0.490 e. The zero-order chi connectivity index (χ0) is 26.6. The molecule has 192 valence electrons. The van der Waals surface area contributed by atoms with Gasteiger partial charge in [0.25, 0.3) is 5.91 Å². The molecule has 0 radical (unpaired) electrons. The number of carboxylic acids is 1. The predicted octanol–water partition coefficient (Wildman–Crippen LogP) is 3.69. The van der Waals surface area contributed by atoms with Crippen LogP contribution >= 0.6 is 0 Å². The van der Waals surface area contributed by atoms with Crippen LogP contribution in [0.2, 0.25) is 0 Å². The van der Waals surface area contributed by atoms with Crippen LogP contribution in [0.15, 0.2) is 33.5 Å². The summed E-state index contributed by atoms with van der Waals surface area (Å²) in [6, 6.07) is 4.50. The summed E-state index contributed by atoms with van der Waals surface area (Å²) < 4.78 is 55.9. The Kier molecular flexibility index (Phi) is 8.47. The Balaban J connectivity index is 0.000000540. The monoisotopic (exact) mass is 504 g/mol. The van der Waals surface area contributed by atoms with Gasteiger partial charge in [-0.25, -0.2) is 14.0 Å². The van der Waals surface area contributed by atoms with Crippen LogP contribution in [-0.2, 0) is 9.53 Å². The number of likely N-dealkylation sites (tertiary alicyclic amines) is 1. The third-order valence-electron chi connectivity index (χ3n) is 4.64. The first-order chi connectivity index (χ1) is 16.1. The second-order valence-electron chi connectivity index (χ2n) is 8.63. The summed E-state index contributed by atoms with van der Waals surface area (Å²) in [5.74, 6) is -4.02. The van der Waals surface area contributed by atoms with Crippen molar-refractivity contribution in [2.75, 3.05) is 13.1 Å². The first-order valence-corrected chi connectivity index (χ1v) is 10.4. The molecule has 1 aliphatic heterocycles. The van der Waals surface area contributed by atoms with Gasteiger partial charge >= 0.3 is 18.2 Å². The maximum atomic E-state index is 13.4. The summed E-state index contributed by atoms with van der Waals surface area (Å²) in [5, 5.41) is 10.1. The van der Waals surface area contributed by atoms with Crippen molar-refractivity contribution in [2.45, 2.75) is 51.4 Å². The molecule has 0 aliphatic carbocycles. The number of halogens is 4. The molecule has 0 spiro atoms. The number of nitrogens with zero attached hydrogens (tertiary/aromatic N) is 1. The van der Waals surface area contributed by atoms with Crippen molar-refractivity contribution >= 4 is 28.9 Å². The molecule has 3 rings (SSSR count). The summed E-state index contributed by atoms with van der Waals surface area (Å²) in [6.45, 7) is 6.32. The van der Waals surface area contributed by atoms with Crippen LogP contribution in [0.5, 0.6) is 0 Å². The molecule has 0 saturated carbocycles. The fourth-order valence-corrected chi connectivity index (χ4v) is 3.03. The largest absolute Gasteiger partial charge is 0.490 e. The van der Waals surface area contributed by atoms with Gasteiger partial charge in [-0.3, -0.25) is 9.59 Å². The molecule has 1 saturated heterocycles. The number of fused-ring (bicyclic) bond motifs is 1. The highest BCUT2D eigenvalue weighted by atomic mass is 19.4. The number of aliphatic carboxylic acids is 1. The van der Waals surface area contributed by atoms with E-state index < -0.39 is 34.9 Å². The Morgan fingerprint density at radius 1 is 1.11 bits per heavy atom. The normalized spacial score (nSPS) is 14.7. The lowest BCUT2D eigenvalue weighted by atomic mass is 10.1. The number of amides is 2. The van der Waals surface area contributed by atoms with E-state index in [2.05, 4.69) is 5.32 Å². The smallest absolute Gasteiger partial charge is 0.475 e. The van der Waals surface area contributed by atoms with Crippen molar-refractivity contribution in [3.05, 3.63) is 46.1 Å². The minimum absolute atomic E-state index is 0.0254. The highest BCUT2D eigenvalue weighted by Gasteiger charge is 2.38. The standard InChI is InChI=1S/C20H23FN2O5.C2HF3O2/c1-20(2,3)28-19(26)23-8-6-13(7-9-23)22-18(25)17-11-15(24)14-5-4-12(21)10-16(14)27-17;3-2(4,5)1(6)7/h4-5,10-11,13H,6-9H2,1-3H3,(H,22,25);(H,6,7). The van der Waals surface area contributed by atoms with Gasteiger partial charge in [0, 0.05) is 31.3 Å². The lowest BCUT2D eigenvalue weighted by Crippen LogP contribution is -2.47. The Hall–Kier alpha value is -3.64. The molecule has 13 heteroatoms. The van der Waals surface area contributed by atoms with Gasteiger partial charge in [0.1, 0.15) is 17.0 Å². The molecule has 1 aliphatic rings. The van der Waals surface area contributed by atoms with Crippen LogP contribution in [0, 0.1) is 5.82 Å². The van der Waals surface area contributed by atoms with Crippen LogP contribution in [0.4, 0.5) is 22.4 Å². The molecular formula is C22H24F4N2O7. The second-order valence-corrected chi connectivity index (χ2v) is 8.63. The number of benzene rings is 1.